The van der Waals surface area contributed by atoms with E-state index < -0.39 is 5.97 Å². The predicted molar refractivity (Wildman–Crippen MR) is 137 cm³/mol. The van der Waals surface area contributed by atoms with Gasteiger partial charge < -0.3 is 9.47 Å². The van der Waals surface area contributed by atoms with Gasteiger partial charge in [0.2, 0.25) is 5.88 Å². The summed E-state index contributed by atoms with van der Waals surface area (Å²) in [7, 11) is 0. The van der Waals surface area contributed by atoms with Crippen LogP contribution in [0.25, 0.3) is 0 Å². The first-order valence-electron chi connectivity index (χ1n) is 13.9. The highest BCUT2D eigenvalue weighted by molar-refractivity contribution is 5.92. The lowest BCUT2D eigenvalue weighted by Crippen LogP contribution is -2.25. The number of ether oxygens (including phenoxy) is 2. The average molecular weight is 471 g/mol. The molecule has 5 nitrogen and oxygen atoms in total. The van der Waals surface area contributed by atoms with E-state index in [-0.39, 0.29) is 17.2 Å². The molecular formula is C29H46N2O3. The summed E-state index contributed by atoms with van der Waals surface area (Å²) < 4.78 is 11.5. The Balaban J connectivity index is 1.70. The molecular weight excluding hydrogens is 424 g/mol. The molecule has 5 heteroatoms. The maximum atomic E-state index is 12.7. The topological polar surface area (TPSA) is 72.2 Å². The van der Waals surface area contributed by atoms with Crippen molar-refractivity contribution in [1.82, 2.24) is 4.98 Å². The van der Waals surface area contributed by atoms with Crippen LogP contribution >= 0.6 is 0 Å². The normalized spacial score (nSPS) is 17.8. The monoisotopic (exact) mass is 470 g/mol. The van der Waals surface area contributed by atoms with Gasteiger partial charge >= 0.3 is 5.97 Å². The van der Waals surface area contributed by atoms with E-state index in [4.69, 9.17) is 9.47 Å². The number of unbranched alkanes of at least 4 members (excludes halogenated alkanes) is 10. The minimum absolute atomic E-state index is 0.0522. The van der Waals surface area contributed by atoms with Gasteiger partial charge in [-0.1, -0.05) is 90.9 Å². The minimum Gasteiger partial charge on any atom is -0.478 e. The summed E-state index contributed by atoms with van der Waals surface area (Å²) in [6.45, 7) is 5.05. The minimum atomic E-state index is -0.439. The van der Waals surface area contributed by atoms with E-state index in [0.717, 1.165) is 44.4 Å². The van der Waals surface area contributed by atoms with E-state index in [0.29, 0.717) is 12.5 Å². The second-order valence-corrected chi connectivity index (χ2v) is 9.90. The quantitative estimate of drug-likeness (QED) is 0.170. The van der Waals surface area contributed by atoms with Crippen LogP contribution < -0.4 is 4.74 Å². The molecule has 0 N–H and O–H groups in total. The summed E-state index contributed by atoms with van der Waals surface area (Å²) in [5, 5.41) is 9.54. The first-order valence-corrected chi connectivity index (χ1v) is 13.9. The number of hydrogen-bond acceptors (Lipinski definition) is 5. The Kier molecular flexibility index (Phi) is 14.4. The number of carbonyl (C=O) groups excluding carboxylic acids is 1. The molecule has 1 aromatic heterocycles. The SMILES string of the molecule is CCCCCCCCCOc1cc(C#N)c(C(=O)OC2CCC(CCCCCCC)CC2)cn1. The van der Waals surface area contributed by atoms with Crippen LogP contribution in [0.3, 0.4) is 0 Å². The summed E-state index contributed by atoms with van der Waals surface area (Å²) in [5.41, 5.74) is 0.513. The molecule has 1 heterocycles. The Morgan fingerprint density at radius 3 is 2.21 bits per heavy atom. The molecule has 0 saturated heterocycles. The molecule has 0 radical (unpaired) electrons. The standard InChI is InChI=1S/C29H46N2O3/c1-3-5-7-9-10-12-14-20-33-28-21-25(22-30)27(23-31-28)29(32)34-26-18-16-24(17-19-26)15-13-11-8-6-4-2/h21,23-24,26H,3-20H2,1-2H3. The fraction of sp³-hybridized carbons (Fsp3) is 0.759. The Hall–Kier alpha value is -2.09. The summed E-state index contributed by atoms with van der Waals surface area (Å²) in [6.07, 6.45) is 21.9. The summed E-state index contributed by atoms with van der Waals surface area (Å²) in [6, 6.07) is 3.67. The van der Waals surface area contributed by atoms with Crippen LogP contribution in [0.15, 0.2) is 12.3 Å². The molecule has 190 valence electrons. The molecule has 1 aliphatic carbocycles. The largest absolute Gasteiger partial charge is 0.478 e. The van der Waals surface area contributed by atoms with Crippen LogP contribution in [0.2, 0.25) is 0 Å². The molecule has 0 spiro atoms. The van der Waals surface area contributed by atoms with E-state index in [2.05, 4.69) is 24.9 Å². The van der Waals surface area contributed by atoms with Gasteiger partial charge in [0, 0.05) is 12.3 Å². The number of nitriles is 1. The zero-order valence-electron chi connectivity index (χ0n) is 21.7. The number of pyridine rings is 1. The number of aromatic nitrogens is 1. The van der Waals surface area contributed by atoms with Crippen molar-refractivity contribution in [3.63, 3.8) is 0 Å². The van der Waals surface area contributed by atoms with Crippen molar-refractivity contribution in [2.45, 2.75) is 129 Å². The zero-order chi connectivity index (χ0) is 24.4. The second-order valence-electron chi connectivity index (χ2n) is 9.90. The molecule has 1 aromatic rings. The van der Waals surface area contributed by atoms with Gasteiger partial charge in [-0.3, -0.25) is 0 Å². The van der Waals surface area contributed by atoms with Gasteiger partial charge in [-0.2, -0.15) is 5.26 Å². The molecule has 1 fully saturated rings. The number of esters is 1. The van der Waals surface area contributed by atoms with Gasteiger partial charge in [-0.25, -0.2) is 9.78 Å². The molecule has 1 aliphatic rings. The molecule has 1 saturated carbocycles. The highest BCUT2D eigenvalue weighted by atomic mass is 16.5. The zero-order valence-corrected chi connectivity index (χ0v) is 21.7. The van der Waals surface area contributed by atoms with Crippen molar-refractivity contribution < 1.29 is 14.3 Å². The lowest BCUT2D eigenvalue weighted by Gasteiger charge is -2.28. The average Bonchev–Trinajstić information content (AvgIpc) is 2.86. The third-order valence-corrected chi connectivity index (χ3v) is 7.00. The Bertz CT molecular complexity index is 735. The molecule has 2 rings (SSSR count). The lowest BCUT2D eigenvalue weighted by atomic mass is 9.84. The third kappa shape index (κ3) is 10.9. The van der Waals surface area contributed by atoms with Crippen molar-refractivity contribution in [3.8, 4) is 11.9 Å². The van der Waals surface area contributed by atoms with Gasteiger partial charge in [0.05, 0.1) is 17.7 Å². The van der Waals surface area contributed by atoms with Gasteiger partial charge in [0.15, 0.2) is 0 Å². The van der Waals surface area contributed by atoms with Gasteiger partial charge in [0.25, 0.3) is 0 Å². The maximum absolute atomic E-state index is 12.7. The highest BCUT2D eigenvalue weighted by Gasteiger charge is 2.25. The molecule has 0 bridgehead atoms. The van der Waals surface area contributed by atoms with Crippen LogP contribution in [-0.4, -0.2) is 23.7 Å². The van der Waals surface area contributed by atoms with Crippen LogP contribution in [0.1, 0.15) is 139 Å². The van der Waals surface area contributed by atoms with E-state index in [1.54, 1.807) is 6.07 Å². The smallest absolute Gasteiger partial charge is 0.341 e. The van der Waals surface area contributed by atoms with Crippen molar-refractivity contribution in [3.05, 3.63) is 23.4 Å². The van der Waals surface area contributed by atoms with E-state index in [1.165, 1.54) is 76.8 Å². The molecule has 0 unspecified atom stereocenters. The van der Waals surface area contributed by atoms with Crippen LogP contribution in [0.4, 0.5) is 0 Å². The van der Waals surface area contributed by atoms with Crippen molar-refractivity contribution in [2.75, 3.05) is 6.61 Å². The van der Waals surface area contributed by atoms with E-state index in [9.17, 15) is 10.1 Å². The van der Waals surface area contributed by atoms with E-state index >= 15 is 0 Å². The van der Waals surface area contributed by atoms with Crippen LogP contribution in [-0.2, 0) is 4.74 Å². The first-order chi connectivity index (χ1) is 16.7. The van der Waals surface area contributed by atoms with E-state index in [1.807, 2.05) is 0 Å². The number of nitrogens with zero attached hydrogens (tertiary/aromatic N) is 2. The summed E-state index contributed by atoms with van der Waals surface area (Å²) >= 11 is 0. The van der Waals surface area contributed by atoms with Crippen LogP contribution in [0.5, 0.6) is 5.88 Å². The molecule has 34 heavy (non-hydrogen) atoms. The maximum Gasteiger partial charge on any atom is 0.341 e. The fourth-order valence-corrected chi connectivity index (χ4v) is 4.80. The van der Waals surface area contributed by atoms with Crippen LogP contribution in [0, 0.1) is 17.2 Å². The Morgan fingerprint density at radius 1 is 0.941 bits per heavy atom. The molecule has 0 aliphatic heterocycles. The number of carbonyl (C=O) groups is 1. The number of rotatable bonds is 17. The Labute approximate surface area is 207 Å². The second kappa shape index (κ2) is 17.4. The molecule has 0 aromatic carbocycles. The summed E-state index contributed by atoms with van der Waals surface area (Å²) in [4.78, 5) is 17.0. The highest BCUT2D eigenvalue weighted by Crippen LogP contribution is 2.31. The fourth-order valence-electron chi connectivity index (χ4n) is 4.80. The predicted octanol–water partition coefficient (Wildman–Crippen LogP) is 8.16. The van der Waals surface area contributed by atoms with Gasteiger partial charge in [0.1, 0.15) is 12.2 Å². The summed E-state index contributed by atoms with van der Waals surface area (Å²) in [5.74, 6) is 0.727. The molecule has 0 amide bonds. The first kappa shape index (κ1) is 28.1. The number of hydrogen-bond donors (Lipinski definition) is 0. The van der Waals surface area contributed by atoms with Crippen molar-refractivity contribution in [2.24, 2.45) is 5.92 Å². The Morgan fingerprint density at radius 2 is 1.56 bits per heavy atom. The van der Waals surface area contributed by atoms with Crippen molar-refractivity contribution >= 4 is 5.97 Å². The van der Waals surface area contributed by atoms with Gasteiger partial charge in [-0.15, -0.1) is 0 Å². The third-order valence-electron chi connectivity index (χ3n) is 7.00. The lowest BCUT2D eigenvalue weighted by molar-refractivity contribution is 0.0160. The molecule has 0 atom stereocenters. The van der Waals surface area contributed by atoms with Gasteiger partial charge in [-0.05, 0) is 38.0 Å². The van der Waals surface area contributed by atoms with Crippen molar-refractivity contribution in [1.29, 1.82) is 5.26 Å².